The molecule has 22 heavy (non-hydrogen) atoms. The summed E-state index contributed by atoms with van der Waals surface area (Å²) in [4.78, 5) is 14.0. The Hall–Kier alpha value is -2.49. The van der Waals surface area contributed by atoms with Crippen molar-refractivity contribution in [3.8, 4) is 5.75 Å². The highest BCUT2D eigenvalue weighted by molar-refractivity contribution is 5.91. The van der Waals surface area contributed by atoms with Gasteiger partial charge in [0.15, 0.2) is 0 Å². The molecule has 0 unspecified atom stereocenters. The molecule has 0 saturated heterocycles. The van der Waals surface area contributed by atoms with E-state index in [0.717, 1.165) is 22.7 Å². The second-order valence-electron chi connectivity index (χ2n) is 5.34. The standard InChI is InChI=1S/C18H22N2O2/c1-20(2)16-10-8-15(9-11-16)19-18(21)12-7-14-5-4-6-17(13-14)22-3/h4-6,8-11,13H,7,12H2,1-3H3,(H,19,21). The Morgan fingerprint density at radius 3 is 2.50 bits per heavy atom. The van der Waals surface area contributed by atoms with Crippen LogP contribution >= 0.6 is 0 Å². The van der Waals surface area contributed by atoms with E-state index in [0.29, 0.717) is 12.8 Å². The zero-order chi connectivity index (χ0) is 15.9. The average molecular weight is 298 g/mol. The van der Waals surface area contributed by atoms with E-state index in [2.05, 4.69) is 5.32 Å². The topological polar surface area (TPSA) is 41.6 Å². The highest BCUT2D eigenvalue weighted by Crippen LogP contribution is 2.17. The number of rotatable bonds is 6. The first-order valence-electron chi connectivity index (χ1n) is 7.28. The van der Waals surface area contributed by atoms with Crippen LogP contribution in [0.5, 0.6) is 5.75 Å². The van der Waals surface area contributed by atoms with Crippen LogP contribution in [0, 0.1) is 0 Å². The number of benzene rings is 2. The molecule has 0 fully saturated rings. The summed E-state index contributed by atoms with van der Waals surface area (Å²) in [6, 6.07) is 15.6. The van der Waals surface area contributed by atoms with E-state index < -0.39 is 0 Å². The fourth-order valence-corrected chi connectivity index (χ4v) is 2.15. The minimum atomic E-state index is 0.0143. The van der Waals surface area contributed by atoms with Crippen LogP contribution in [-0.2, 0) is 11.2 Å². The van der Waals surface area contributed by atoms with Gasteiger partial charge >= 0.3 is 0 Å². The molecule has 0 saturated carbocycles. The summed E-state index contributed by atoms with van der Waals surface area (Å²) in [5.74, 6) is 0.831. The number of nitrogens with zero attached hydrogens (tertiary/aromatic N) is 1. The summed E-state index contributed by atoms with van der Waals surface area (Å²) < 4.78 is 5.18. The number of nitrogens with one attached hydrogen (secondary N) is 1. The van der Waals surface area contributed by atoms with Gasteiger partial charge in [-0.2, -0.15) is 0 Å². The summed E-state index contributed by atoms with van der Waals surface area (Å²) in [7, 11) is 5.62. The fourth-order valence-electron chi connectivity index (χ4n) is 2.15. The van der Waals surface area contributed by atoms with Gasteiger partial charge < -0.3 is 15.0 Å². The number of anilines is 2. The van der Waals surface area contributed by atoms with E-state index in [1.54, 1.807) is 7.11 Å². The van der Waals surface area contributed by atoms with Crippen molar-refractivity contribution in [1.82, 2.24) is 0 Å². The Morgan fingerprint density at radius 1 is 1.14 bits per heavy atom. The van der Waals surface area contributed by atoms with E-state index in [-0.39, 0.29) is 5.91 Å². The highest BCUT2D eigenvalue weighted by atomic mass is 16.5. The Kier molecular flexibility index (Phi) is 5.42. The van der Waals surface area contributed by atoms with E-state index >= 15 is 0 Å². The predicted molar refractivity (Wildman–Crippen MR) is 90.7 cm³/mol. The zero-order valence-corrected chi connectivity index (χ0v) is 13.3. The van der Waals surface area contributed by atoms with Gasteiger partial charge in [0.05, 0.1) is 7.11 Å². The van der Waals surface area contributed by atoms with Crippen LogP contribution in [0.2, 0.25) is 0 Å². The van der Waals surface area contributed by atoms with Crippen molar-refractivity contribution in [3.63, 3.8) is 0 Å². The molecular formula is C18H22N2O2. The first kappa shape index (κ1) is 15.9. The maximum atomic E-state index is 12.0. The predicted octanol–water partition coefficient (Wildman–Crippen LogP) is 3.33. The second kappa shape index (κ2) is 7.50. The van der Waals surface area contributed by atoms with E-state index in [1.165, 1.54) is 0 Å². The van der Waals surface area contributed by atoms with Crippen LogP contribution in [0.1, 0.15) is 12.0 Å². The van der Waals surface area contributed by atoms with Crippen molar-refractivity contribution in [3.05, 3.63) is 54.1 Å². The number of methoxy groups -OCH3 is 1. The monoisotopic (exact) mass is 298 g/mol. The lowest BCUT2D eigenvalue weighted by Gasteiger charge is -2.13. The van der Waals surface area contributed by atoms with Crippen LogP contribution < -0.4 is 15.0 Å². The summed E-state index contributed by atoms with van der Waals surface area (Å²) in [6.07, 6.45) is 1.14. The smallest absolute Gasteiger partial charge is 0.224 e. The molecule has 2 rings (SSSR count). The first-order valence-corrected chi connectivity index (χ1v) is 7.28. The maximum absolute atomic E-state index is 12.0. The van der Waals surface area contributed by atoms with Gasteiger partial charge in [-0.15, -0.1) is 0 Å². The third kappa shape index (κ3) is 4.52. The molecule has 0 aliphatic carbocycles. The molecule has 0 aromatic heterocycles. The molecule has 0 aliphatic rings. The summed E-state index contributed by atoms with van der Waals surface area (Å²) in [5, 5.41) is 2.92. The number of ether oxygens (including phenoxy) is 1. The van der Waals surface area contributed by atoms with Gasteiger partial charge in [0.2, 0.25) is 5.91 Å². The SMILES string of the molecule is COc1cccc(CCC(=O)Nc2ccc(N(C)C)cc2)c1. The van der Waals surface area contributed by atoms with Gasteiger partial charge in [-0.3, -0.25) is 4.79 Å². The molecule has 4 heteroatoms. The Morgan fingerprint density at radius 2 is 1.86 bits per heavy atom. The number of aryl methyl sites for hydroxylation is 1. The molecule has 2 aromatic carbocycles. The average Bonchev–Trinajstić information content (AvgIpc) is 2.53. The van der Waals surface area contributed by atoms with Gasteiger partial charge in [-0.1, -0.05) is 12.1 Å². The van der Waals surface area contributed by atoms with E-state index in [4.69, 9.17) is 4.74 Å². The molecule has 0 bridgehead atoms. The van der Waals surface area contributed by atoms with Crippen LogP contribution in [0.3, 0.4) is 0 Å². The fraction of sp³-hybridized carbons (Fsp3) is 0.278. The van der Waals surface area contributed by atoms with Crippen molar-refractivity contribution in [1.29, 1.82) is 0 Å². The van der Waals surface area contributed by atoms with Gasteiger partial charge in [0.1, 0.15) is 5.75 Å². The van der Waals surface area contributed by atoms with Gasteiger partial charge in [-0.25, -0.2) is 0 Å². The number of amides is 1. The summed E-state index contributed by atoms with van der Waals surface area (Å²) in [5.41, 5.74) is 3.02. The number of carbonyl (C=O) groups excluding carboxylic acids is 1. The molecular weight excluding hydrogens is 276 g/mol. The number of hydrogen-bond donors (Lipinski definition) is 1. The van der Waals surface area contributed by atoms with Crippen LogP contribution in [-0.4, -0.2) is 27.1 Å². The minimum absolute atomic E-state index is 0.0143. The van der Waals surface area contributed by atoms with Crippen molar-refractivity contribution in [2.75, 3.05) is 31.4 Å². The third-order valence-corrected chi connectivity index (χ3v) is 3.44. The molecule has 0 atom stereocenters. The minimum Gasteiger partial charge on any atom is -0.497 e. The van der Waals surface area contributed by atoms with E-state index in [9.17, 15) is 4.79 Å². The Balaban J connectivity index is 1.87. The van der Waals surface area contributed by atoms with Crippen molar-refractivity contribution in [2.24, 2.45) is 0 Å². The normalized spacial score (nSPS) is 10.1. The molecule has 4 nitrogen and oxygen atoms in total. The van der Waals surface area contributed by atoms with Crippen molar-refractivity contribution >= 4 is 17.3 Å². The van der Waals surface area contributed by atoms with Crippen LogP contribution in [0.4, 0.5) is 11.4 Å². The molecule has 0 heterocycles. The molecule has 1 amide bonds. The molecule has 1 N–H and O–H groups in total. The van der Waals surface area contributed by atoms with Crippen LogP contribution in [0.25, 0.3) is 0 Å². The highest BCUT2D eigenvalue weighted by Gasteiger charge is 2.04. The number of carbonyl (C=O) groups is 1. The lowest BCUT2D eigenvalue weighted by Crippen LogP contribution is -2.13. The molecule has 0 aliphatic heterocycles. The maximum Gasteiger partial charge on any atom is 0.224 e. The Bertz CT molecular complexity index is 621. The number of hydrogen-bond acceptors (Lipinski definition) is 3. The quantitative estimate of drug-likeness (QED) is 0.889. The zero-order valence-electron chi connectivity index (χ0n) is 13.3. The second-order valence-corrected chi connectivity index (χ2v) is 5.34. The molecule has 116 valence electrons. The third-order valence-electron chi connectivity index (χ3n) is 3.44. The molecule has 0 radical (unpaired) electrons. The van der Waals surface area contributed by atoms with Gasteiger partial charge in [-0.05, 0) is 48.4 Å². The summed E-state index contributed by atoms with van der Waals surface area (Å²) >= 11 is 0. The lowest BCUT2D eigenvalue weighted by molar-refractivity contribution is -0.116. The first-order chi connectivity index (χ1) is 10.6. The van der Waals surface area contributed by atoms with Crippen molar-refractivity contribution < 1.29 is 9.53 Å². The van der Waals surface area contributed by atoms with Gasteiger partial charge in [0, 0.05) is 31.9 Å². The Labute approximate surface area is 131 Å². The van der Waals surface area contributed by atoms with Crippen molar-refractivity contribution in [2.45, 2.75) is 12.8 Å². The van der Waals surface area contributed by atoms with E-state index in [1.807, 2.05) is 67.5 Å². The summed E-state index contributed by atoms with van der Waals surface area (Å²) in [6.45, 7) is 0. The molecule has 2 aromatic rings. The van der Waals surface area contributed by atoms with Crippen LogP contribution in [0.15, 0.2) is 48.5 Å². The lowest BCUT2D eigenvalue weighted by atomic mass is 10.1. The molecule has 0 spiro atoms. The van der Waals surface area contributed by atoms with Gasteiger partial charge in [0.25, 0.3) is 0 Å². The largest absolute Gasteiger partial charge is 0.497 e.